The number of fused-ring (bicyclic) bond motifs is 2. The van der Waals surface area contributed by atoms with Crippen LogP contribution in [-0.4, -0.2) is 27.6 Å². The Hall–Kier alpha value is -5.31. The maximum atomic E-state index is 12.9. The van der Waals surface area contributed by atoms with Crippen LogP contribution in [0.25, 0.3) is 22.4 Å². The average molecular weight is 491 g/mol. The van der Waals surface area contributed by atoms with Crippen molar-refractivity contribution in [3.63, 3.8) is 0 Å². The SMILES string of the molecule is O=C(Nc1ccc(-c2nc3ccccc3c(=O)o2)cc1)c1ccc2c(c1)C(=O)N(Cc1ccco1)C2=O. The first-order valence-corrected chi connectivity index (χ1v) is 11.3. The Kier molecular flexibility index (Phi) is 5.23. The summed E-state index contributed by atoms with van der Waals surface area (Å²) in [6.07, 6.45) is 1.47. The zero-order valence-electron chi connectivity index (χ0n) is 19.1. The lowest BCUT2D eigenvalue weighted by molar-refractivity contribution is 0.0631. The van der Waals surface area contributed by atoms with Crippen molar-refractivity contribution in [3.05, 3.63) is 118 Å². The first-order chi connectivity index (χ1) is 18.0. The van der Waals surface area contributed by atoms with Crippen LogP contribution >= 0.6 is 0 Å². The average Bonchev–Trinajstić information content (AvgIpc) is 3.52. The molecule has 3 aromatic carbocycles. The highest BCUT2D eigenvalue weighted by molar-refractivity contribution is 6.22. The van der Waals surface area contributed by atoms with E-state index in [0.29, 0.717) is 27.9 Å². The summed E-state index contributed by atoms with van der Waals surface area (Å²) >= 11 is 0. The monoisotopic (exact) mass is 491 g/mol. The minimum atomic E-state index is -0.486. The van der Waals surface area contributed by atoms with Crippen molar-refractivity contribution in [2.24, 2.45) is 0 Å². The van der Waals surface area contributed by atoms with E-state index in [2.05, 4.69) is 10.3 Å². The normalized spacial score (nSPS) is 12.7. The van der Waals surface area contributed by atoms with Gasteiger partial charge in [-0.15, -0.1) is 0 Å². The van der Waals surface area contributed by atoms with Crippen molar-refractivity contribution in [2.75, 3.05) is 5.32 Å². The molecule has 0 saturated heterocycles. The van der Waals surface area contributed by atoms with Crippen LogP contribution in [0.4, 0.5) is 5.69 Å². The van der Waals surface area contributed by atoms with Gasteiger partial charge in [0.05, 0.1) is 34.8 Å². The molecule has 1 aliphatic rings. The topological polar surface area (TPSA) is 123 Å². The molecular formula is C28H17N3O6. The van der Waals surface area contributed by atoms with E-state index in [9.17, 15) is 19.2 Å². The third-order valence-corrected chi connectivity index (χ3v) is 6.05. The number of nitrogens with zero attached hydrogens (tertiary/aromatic N) is 2. The van der Waals surface area contributed by atoms with Gasteiger partial charge >= 0.3 is 5.63 Å². The Bertz CT molecular complexity index is 1750. The first kappa shape index (κ1) is 22.2. The molecule has 3 amide bonds. The molecule has 0 spiro atoms. The van der Waals surface area contributed by atoms with Crippen LogP contribution in [0.2, 0.25) is 0 Å². The van der Waals surface area contributed by atoms with Crippen molar-refractivity contribution < 1.29 is 23.2 Å². The highest BCUT2D eigenvalue weighted by atomic mass is 16.4. The minimum Gasteiger partial charge on any atom is -0.467 e. The lowest BCUT2D eigenvalue weighted by Crippen LogP contribution is -2.28. The fourth-order valence-corrected chi connectivity index (χ4v) is 4.18. The number of anilines is 1. The molecule has 3 heterocycles. The van der Waals surface area contributed by atoms with Gasteiger partial charge < -0.3 is 14.2 Å². The molecule has 180 valence electrons. The van der Waals surface area contributed by atoms with Gasteiger partial charge in [-0.1, -0.05) is 12.1 Å². The highest BCUT2D eigenvalue weighted by Gasteiger charge is 2.36. The molecule has 5 aromatic rings. The lowest BCUT2D eigenvalue weighted by atomic mass is 10.1. The number of benzene rings is 3. The molecular weight excluding hydrogens is 474 g/mol. The van der Waals surface area contributed by atoms with Crippen LogP contribution in [0, 0.1) is 0 Å². The molecule has 0 fully saturated rings. The van der Waals surface area contributed by atoms with Crippen molar-refractivity contribution >= 4 is 34.3 Å². The summed E-state index contributed by atoms with van der Waals surface area (Å²) in [6.45, 7) is 0.0133. The van der Waals surface area contributed by atoms with Crippen LogP contribution in [0.15, 0.2) is 98.8 Å². The van der Waals surface area contributed by atoms with E-state index in [1.165, 1.54) is 24.5 Å². The molecule has 6 rings (SSSR count). The lowest BCUT2D eigenvalue weighted by Gasteiger charge is -2.11. The van der Waals surface area contributed by atoms with Crippen LogP contribution in [0.3, 0.4) is 0 Å². The van der Waals surface area contributed by atoms with E-state index in [4.69, 9.17) is 8.83 Å². The van der Waals surface area contributed by atoms with Crippen molar-refractivity contribution in [3.8, 4) is 11.5 Å². The predicted molar refractivity (Wildman–Crippen MR) is 133 cm³/mol. The summed E-state index contributed by atoms with van der Waals surface area (Å²) in [7, 11) is 0. The second-order valence-corrected chi connectivity index (χ2v) is 8.39. The number of nitrogens with one attached hydrogen (secondary N) is 1. The number of hydrogen-bond donors (Lipinski definition) is 1. The Morgan fingerprint density at radius 2 is 1.65 bits per heavy atom. The first-order valence-electron chi connectivity index (χ1n) is 11.3. The number of carbonyl (C=O) groups is 3. The third-order valence-electron chi connectivity index (χ3n) is 6.05. The maximum Gasteiger partial charge on any atom is 0.347 e. The molecule has 37 heavy (non-hydrogen) atoms. The van der Waals surface area contributed by atoms with Crippen LogP contribution in [0.5, 0.6) is 0 Å². The Labute approximate surface area is 209 Å². The fourth-order valence-electron chi connectivity index (χ4n) is 4.18. The van der Waals surface area contributed by atoms with Gasteiger partial charge in [0.25, 0.3) is 17.7 Å². The number of rotatable bonds is 5. The molecule has 9 heteroatoms. The van der Waals surface area contributed by atoms with Crippen LogP contribution < -0.4 is 10.9 Å². The van der Waals surface area contributed by atoms with Gasteiger partial charge in [-0.3, -0.25) is 19.3 Å². The van der Waals surface area contributed by atoms with Gasteiger partial charge in [-0.2, -0.15) is 0 Å². The summed E-state index contributed by atoms with van der Waals surface area (Å²) in [5, 5.41) is 3.16. The highest BCUT2D eigenvalue weighted by Crippen LogP contribution is 2.27. The second-order valence-electron chi connectivity index (χ2n) is 8.39. The summed E-state index contributed by atoms with van der Waals surface area (Å²) in [5.41, 5.74) is 1.73. The number of amides is 3. The van der Waals surface area contributed by atoms with E-state index in [-0.39, 0.29) is 29.1 Å². The summed E-state index contributed by atoms with van der Waals surface area (Å²) in [6, 6.07) is 21.3. The molecule has 1 aliphatic heterocycles. The van der Waals surface area contributed by atoms with Crippen molar-refractivity contribution in [1.29, 1.82) is 0 Å². The largest absolute Gasteiger partial charge is 0.467 e. The van der Waals surface area contributed by atoms with Crippen molar-refractivity contribution in [1.82, 2.24) is 9.88 Å². The van der Waals surface area contributed by atoms with Crippen LogP contribution in [0.1, 0.15) is 36.8 Å². The zero-order valence-corrected chi connectivity index (χ0v) is 19.1. The van der Waals surface area contributed by atoms with E-state index in [0.717, 1.165) is 4.90 Å². The van der Waals surface area contributed by atoms with Gasteiger partial charge in [0.15, 0.2) is 0 Å². The van der Waals surface area contributed by atoms with E-state index < -0.39 is 23.3 Å². The van der Waals surface area contributed by atoms with E-state index >= 15 is 0 Å². The van der Waals surface area contributed by atoms with Gasteiger partial charge in [-0.25, -0.2) is 9.78 Å². The molecule has 0 radical (unpaired) electrons. The summed E-state index contributed by atoms with van der Waals surface area (Å²) < 4.78 is 10.6. The Balaban J connectivity index is 1.20. The number of furan rings is 1. The maximum absolute atomic E-state index is 12.9. The number of hydrogen-bond acceptors (Lipinski definition) is 7. The zero-order chi connectivity index (χ0) is 25.5. The number of imide groups is 1. The number of aromatic nitrogens is 1. The molecule has 0 atom stereocenters. The molecule has 0 saturated carbocycles. The summed E-state index contributed by atoms with van der Waals surface area (Å²) in [5.74, 6) is -0.722. The molecule has 2 aromatic heterocycles. The molecule has 0 aliphatic carbocycles. The molecule has 0 bridgehead atoms. The minimum absolute atomic E-state index is 0.0133. The number of carbonyl (C=O) groups excluding carboxylic acids is 3. The smallest absolute Gasteiger partial charge is 0.347 e. The number of para-hydroxylation sites is 1. The molecule has 1 N–H and O–H groups in total. The third kappa shape index (κ3) is 3.98. The fraction of sp³-hybridized carbons (Fsp3) is 0.0357. The van der Waals surface area contributed by atoms with E-state index in [1.807, 2.05) is 0 Å². The summed E-state index contributed by atoms with van der Waals surface area (Å²) in [4.78, 5) is 56.1. The van der Waals surface area contributed by atoms with Gasteiger partial charge in [0.1, 0.15) is 5.76 Å². The second kappa shape index (κ2) is 8.72. The molecule has 9 nitrogen and oxygen atoms in total. The van der Waals surface area contributed by atoms with Gasteiger partial charge in [0.2, 0.25) is 5.89 Å². The van der Waals surface area contributed by atoms with E-state index in [1.54, 1.807) is 60.7 Å². The predicted octanol–water partition coefficient (Wildman–Crippen LogP) is 4.50. The standard InChI is InChI=1S/C28H17N3O6/c32-24(17-9-12-20-22(14-17)27(34)31(26(20)33)15-19-4-3-13-36-19)29-18-10-7-16(8-11-18)25-30-23-6-2-1-5-21(23)28(35)37-25/h1-14H,15H2,(H,29,32). The quantitative estimate of drug-likeness (QED) is 0.359. The van der Waals surface area contributed by atoms with Crippen LogP contribution in [-0.2, 0) is 6.54 Å². The Morgan fingerprint density at radius 3 is 2.43 bits per heavy atom. The van der Waals surface area contributed by atoms with Crippen molar-refractivity contribution in [2.45, 2.75) is 6.54 Å². The Morgan fingerprint density at radius 1 is 0.865 bits per heavy atom. The van der Waals surface area contributed by atoms with Gasteiger partial charge in [0, 0.05) is 16.8 Å². The van der Waals surface area contributed by atoms with Gasteiger partial charge in [-0.05, 0) is 66.7 Å². The molecule has 0 unspecified atom stereocenters.